The molecule has 0 spiro atoms. The number of amides is 1. The van der Waals surface area contributed by atoms with E-state index in [-0.39, 0.29) is 43.6 Å². The van der Waals surface area contributed by atoms with Crippen molar-refractivity contribution in [3.8, 4) is 12.1 Å². The van der Waals surface area contributed by atoms with Gasteiger partial charge < -0.3 is 9.80 Å². The topological polar surface area (TPSA) is 71.1 Å². The van der Waals surface area contributed by atoms with Crippen LogP contribution in [0.25, 0.3) is 0 Å². The number of rotatable bonds is 6. The van der Waals surface area contributed by atoms with Crippen molar-refractivity contribution in [1.29, 1.82) is 10.5 Å². The van der Waals surface area contributed by atoms with Crippen LogP contribution in [0.3, 0.4) is 0 Å². The van der Waals surface area contributed by atoms with E-state index in [9.17, 15) is 18.0 Å². The van der Waals surface area contributed by atoms with Crippen molar-refractivity contribution < 1.29 is 18.0 Å². The molecular formula is C19H21F3N4OS. The first kappa shape index (κ1) is 21.9. The molecule has 2 rings (SSSR count). The van der Waals surface area contributed by atoms with Gasteiger partial charge in [0.05, 0.1) is 42.8 Å². The lowest BCUT2D eigenvalue weighted by atomic mass is 10.1. The van der Waals surface area contributed by atoms with Gasteiger partial charge in [-0.1, -0.05) is 6.92 Å². The first-order valence-corrected chi connectivity index (χ1v) is 9.78. The van der Waals surface area contributed by atoms with Crippen LogP contribution in [0.2, 0.25) is 0 Å². The van der Waals surface area contributed by atoms with E-state index >= 15 is 0 Å². The summed E-state index contributed by atoms with van der Waals surface area (Å²) in [6, 6.07) is 7.57. The summed E-state index contributed by atoms with van der Waals surface area (Å²) >= 11 is 1.50. The van der Waals surface area contributed by atoms with Crippen LogP contribution in [0.4, 0.5) is 18.9 Å². The molecule has 1 atom stereocenters. The van der Waals surface area contributed by atoms with E-state index in [4.69, 9.17) is 10.5 Å². The minimum Gasteiger partial charge on any atom is -0.361 e. The van der Waals surface area contributed by atoms with Crippen molar-refractivity contribution in [3.05, 3.63) is 23.8 Å². The monoisotopic (exact) mass is 410 g/mol. The third-order valence-corrected chi connectivity index (χ3v) is 5.66. The second kappa shape index (κ2) is 9.70. The van der Waals surface area contributed by atoms with Gasteiger partial charge in [-0.3, -0.25) is 4.79 Å². The standard InChI is InChI=1S/C19H21F3N4OS/c1-14-6-11-26(13-18(27)25(9-2-7-23)10-3-8-24)16-12-15(19(20,21)22)4-5-17(16)28-14/h4-5,12,14H,2-3,6,9-11,13H2,1H3. The molecule has 0 aromatic heterocycles. The van der Waals surface area contributed by atoms with Gasteiger partial charge in [-0.25, -0.2) is 0 Å². The SMILES string of the molecule is CC1CCN(CC(=O)N(CCC#N)CCC#N)c2cc(C(F)(F)F)ccc2S1. The van der Waals surface area contributed by atoms with Gasteiger partial charge in [0.25, 0.3) is 0 Å². The van der Waals surface area contributed by atoms with Crippen LogP contribution >= 0.6 is 11.8 Å². The summed E-state index contributed by atoms with van der Waals surface area (Å²) in [4.78, 5) is 16.6. The molecule has 1 aliphatic heterocycles. The largest absolute Gasteiger partial charge is 0.416 e. The molecule has 0 saturated heterocycles. The number of fused-ring (bicyclic) bond motifs is 1. The molecule has 0 saturated carbocycles. The third kappa shape index (κ3) is 5.80. The van der Waals surface area contributed by atoms with Crippen molar-refractivity contribution in [3.63, 3.8) is 0 Å². The zero-order valence-corrected chi connectivity index (χ0v) is 16.3. The Labute approximate surface area is 166 Å². The molecular weight excluding hydrogens is 389 g/mol. The molecule has 0 N–H and O–H groups in total. The molecule has 5 nitrogen and oxygen atoms in total. The number of thioether (sulfide) groups is 1. The highest BCUT2D eigenvalue weighted by Gasteiger charge is 2.33. The Morgan fingerprint density at radius 2 is 1.93 bits per heavy atom. The van der Waals surface area contributed by atoms with Gasteiger partial charge in [0.1, 0.15) is 0 Å². The maximum absolute atomic E-state index is 13.2. The fourth-order valence-electron chi connectivity index (χ4n) is 2.93. The first-order valence-electron chi connectivity index (χ1n) is 8.90. The summed E-state index contributed by atoms with van der Waals surface area (Å²) in [5.41, 5.74) is -0.345. The van der Waals surface area contributed by atoms with Gasteiger partial charge in [0, 0.05) is 29.8 Å². The Balaban J connectivity index is 2.28. The summed E-state index contributed by atoms with van der Waals surface area (Å²) in [5.74, 6) is -0.298. The predicted octanol–water partition coefficient (Wildman–Crippen LogP) is 4.05. The van der Waals surface area contributed by atoms with Crippen LogP contribution in [0.15, 0.2) is 23.1 Å². The van der Waals surface area contributed by atoms with Crippen molar-refractivity contribution in [1.82, 2.24) is 4.90 Å². The minimum absolute atomic E-state index is 0.0849. The molecule has 1 amide bonds. The fourth-order valence-corrected chi connectivity index (χ4v) is 4.05. The molecule has 0 fully saturated rings. The van der Waals surface area contributed by atoms with Crippen LogP contribution in [-0.4, -0.2) is 42.2 Å². The van der Waals surface area contributed by atoms with Crippen LogP contribution in [0.5, 0.6) is 0 Å². The van der Waals surface area contributed by atoms with Crippen molar-refractivity contribution in [2.45, 2.75) is 42.5 Å². The summed E-state index contributed by atoms with van der Waals surface area (Å²) in [6.45, 7) is 2.78. The van der Waals surface area contributed by atoms with Gasteiger partial charge in [-0.05, 0) is 24.6 Å². The van der Waals surface area contributed by atoms with Gasteiger partial charge in [0.2, 0.25) is 5.91 Å². The molecule has 0 bridgehead atoms. The average Bonchev–Trinajstić information content (AvgIpc) is 2.79. The summed E-state index contributed by atoms with van der Waals surface area (Å²) in [7, 11) is 0. The molecule has 1 aromatic rings. The minimum atomic E-state index is -4.46. The van der Waals surface area contributed by atoms with Crippen molar-refractivity contribution in [2.75, 3.05) is 31.1 Å². The smallest absolute Gasteiger partial charge is 0.361 e. The Morgan fingerprint density at radius 3 is 2.50 bits per heavy atom. The Morgan fingerprint density at radius 1 is 1.29 bits per heavy atom. The molecule has 9 heteroatoms. The van der Waals surface area contributed by atoms with Crippen LogP contribution in [-0.2, 0) is 11.0 Å². The van der Waals surface area contributed by atoms with Gasteiger partial charge in [0.15, 0.2) is 0 Å². The van der Waals surface area contributed by atoms with Gasteiger partial charge in [-0.15, -0.1) is 11.8 Å². The molecule has 28 heavy (non-hydrogen) atoms. The second-order valence-electron chi connectivity index (χ2n) is 6.52. The summed E-state index contributed by atoms with van der Waals surface area (Å²) in [5, 5.41) is 17.8. The highest BCUT2D eigenvalue weighted by Crippen LogP contribution is 2.41. The molecule has 0 aliphatic carbocycles. The number of nitrogens with zero attached hydrogens (tertiary/aromatic N) is 4. The molecule has 1 heterocycles. The number of anilines is 1. The number of alkyl halides is 3. The summed E-state index contributed by atoms with van der Waals surface area (Å²) < 4.78 is 39.5. The third-order valence-electron chi connectivity index (χ3n) is 4.43. The predicted molar refractivity (Wildman–Crippen MR) is 101 cm³/mol. The maximum atomic E-state index is 13.2. The van der Waals surface area contributed by atoms with E-state index in [1.165, 1.54) is 22.7 Å². The van der Waals surface area contributed by atoms with E-state index in [1.54, 1.807) is 4.90 Å². The number of carbonyl (C=O) groups excluding carboxylic acids is 1. The molecule has 1 aliphatic rings. The van der Waals surface area contributed by atoms with Crippen LogP contribution in [0.1, 0.15) is 31.7 Å². The number of benzene rings is 1. The lowest BCUT2D eigenvalue weighted by Gasteiger charge is -2.28. The Kier molecular flexibility index (Phi) is 7.59. The van der Waals surface area contributed by atoms with Crippen LogP contribution in [0, 0.1) is 22.7 Å². The van der Waals surface area contributed by atoms with E-state index in [0.29, 0.717) is 17.1 Å². The molecule has 1 aromatic carbocycles. The van der Waals surface area contributed by atoms with Crippen molar-refractivity contribution in [2.24, 2.45) is 0 Å². The Hall–Kier alpha value is -2.39. The number of nitriles is 2. The Bertz CT molecular complexity index is 767. The number of hydrogen-bond donors (Lipinski definition) is 0. The van der Waals surface area contributed by atoms with E-state index < -0.39 is 11.7 Å². The van der Waals surface area contributed by atoms with E-state index in [2.05, 4.69) is 0 Å². The number of hydrogen-bond acceptors (Lipinski definition) is 5. The highest BCUT2D eigenvalue weighted by molar-refractivity contribution is 8.00. The number of carbonyl (C=O) groups is 1. The van der Waals surface area contributed by atoms with Crippen molar-refractivity contribution >= 4 is 23.4 Å². The molecule has 0 radical (unpaired) electrons. The maximum Gasteiger partial charge on any atom is 0.416 e. The number of halogens is 3. The van der Waals surface area contributed by atoms with Gasteiger partial charge in [-0.2, -0.15) is 23.7 Å². The molecule has 1 unspecified atom stereocenters. The zero-order chi connectivity index (χ0) is 20.7. The fraction of sp³-hybridized carbons (Fsp3) is 0.526. The average molecular weight is 410 g/mol. The van der Waals surface area contributed by atoms with Crippen LogP contribution < -0.4 is 4.90 Å². The van der Waals surface area contributed by atoms with E-state index in [1.807, 2.05) is 19.1 Å². The zero-order valence-electron chi connectivity index (χ0n) is 15.5. The van der Waals surface area contributed by atoms with E-state index in [0.717, 1.165) is 18.6 Å². The lowest BCUT2D eigenvalue weighted by molar-refractivity contribution is -0.137. The first-order chi connectivity index (χ1) is 13.3. The normalized spacial score (nSPS) is 16.5. The highest BCUT2D eigenvalue weighted by atomic mass is 32.2. The van der Waals surface area contributed by atoms with Gasteiger partial charge >= 0.3 is 6.18 Å². The summed E-state index contributed by atoms with van der Waals surface area (Å²) in [6.07, 6.45) is -3.46. The quantitative estimate of drug-likeness (QED) is 0.708. The molecule has 150 valence electrons. The lowest BCUT2D eigenvalue weighted by Crippen LogP contribution is -2.42. The second-order valence-corrected chi connectivity index (χ2v) is 8.00.